The average molecular weight is 341 g/mol. The Balaban J connectivity index is 0.000000620. The zero-order valence-corrected chi connectivity index (χ0v) is 15.3. The molecule has 0 atom stereocenters. The number of carboxylic acids is 1. The van der Waals surface area contributed by atoms with Gasteiger partial charge in [-0.05, 0) is 6.42 Å². The van der Waals surface area contributed by atoms with Crippen LogP contribution in [-0.4, -0.2) is 22.9 Å². The molecular weight excluding hydrogens is 306 g/mol. The minimum Gasteiger partial charge on any atom is -0.481 e. The van der Waals surface area contributed by atoms with Crippen LogP contribution in [0.3, 0.4) is 0 Å². The second kappa shape index (κ2) is 16.5. The van der Waals surface area contributed by atoms with Crippen molar-refractivity contribution >= 4 is 17.8 Å². The lowest BCUT2D eigenvalue weighted by atomic mass is 10.0. The highest BCUT2D eigenvalue weighted by Gasteiger charge is 2.15. The summed E-state index contributed by atoms with van der Waals surface area (Å²) in [6, 6.07) is 0. The number of amides is 2. The Labute approximate surface area is 146 Å². The molecule has 1 saturated heterocycles. The highest BCUT2D eigenvalue weighted by Crippen LogP contribution is 2.12. The third-order valence-corrected chi connectivity index (χ3v) is 4.10. The van der Waals surface area contributed by atoms with E-state index in [0.717, 1.165) is 12.8 Å². The number of carbonyl (C=O) groups excluding carboxylic acids is 2. The van der Waals surface area contributed by atoms with Crippen LogP contribution in [-0.2, 0) is 14.4 Å². The number of rotatable bonds is 13. The predicted molar refractivity (Wildman–Crippen MR) is 95.7 cm³/mol. The number of unbranched alkanes of at least 4 members (excludes halogenated alkanes) is 11. The Morgan fingerprint density at radius 2 is 1.17 bits per heavy atom. The summed E-state index contributed by atoms with van der Waals surface area (Å²) in [7, 11) is 0. The molecule has 0 unspecified atom stereocenters. The smallest absolute Gasteiger partial charge is 0.303 e. The Morgan fingerprint density at radius 3 is 1.46 bits per heavy atom. The number of imide groups is 1. The summed E-state index contributed by atoms with van der Waals surface area (Å²) in [6.45, 7) is 2.25. The van der Waals surface area contributed by atoms with Gasteiger partial charge in [0.05, 0.1) is 0 Å². The summed E-state index contributed by atoms with van der Waals surface area (Å²) < 4.78 is 0. The van der Waals surface area contributed by atoms with Crippen molar-refractivity contribution in [3.63, 3.8) is 0 Å². The van der Waals surface area contributed by atoms with Crippen molar-refractivity contribution in [2.45, 2.75) is 103 Å². The summed E-state index contributed by atoms with van der Waals surface area (Å²) in [6.07, 6.45) is 16.6. The van der Waals surface area contributed by atoms with Crippen molar-refractivity contribution in [3.05, 3.63) is 0 Å². The molecular formula is C19H35NO4. The molecule has 5 heteroatoms. The molecule has 0 radical (unpaired) electrons. The zero-order chi connectivity index (χ0) is 18.0. The fraction of sp³-hybridized carbons (Fsp3) is 0.842. The van der Waals surface area contributed by atoms with E-state index in [-0.39, 0.29) is 11.8 Å². The fourth-order valence-electron chi connectivity index (χ4n) is 2.62. The molecule has 0 aromatic carbocycles. The SMILES string of the molecule is CCCCCCCCCCCCCCC(=O)O.O=C1CCC(=O)N1. The molecule has 0 spiro atoms. The summed E-state index contributed by atoms with van der Waals surface area (Å²) in [5.41, 5.74) is 0. The normalized spacial score (nSPS) is 13.4. The highest BCUT2D eigenvalue weighted by molar-refractivity contribution is 6.01. The Kier molecular flexibility index (Phi) is 15.5. The molecule has 0 saturated carbocycles. The van der Waals surface area contributed by atoms with Crippen molar-refractivity contribution in [1.82, 2.24) is 5.32 Å². The third-order valence-electron chi connectivity index (χ3n) is 4.10. The topological polar surface area (TPSA) is 83.5 Å². The quantitative estimate of drug-likeness (QED) is 0.379. The van der Waals surface area contributed by atoms with Gasteiger partial charge in [0.15, 0.2) is 0 Å². The van der Waals surface area contributed by atoms with E-state index in [1.807, 2.05) is 0 Å². The third kappa shape index (κ3) is 17.0. The molecule has 0 aliphatic carbocycles. The van der Waals surface area contributed by atoms with Gasteiger partial charge in [0.25, 0.3) is 0 Å². The highest BCUT2D eigenvalue weighted by atomic mass is 16.4. The summed E-state index contributed by atoms with van der Waals surface area (Å²) >= 11 is 0. The molecule has 1 aliphatic heterocycles. The maximum absolute atomic E-state index is 10.3. The maximum atomic E-state index is 10.3. The van der Waals surface area contributed by atoms with Crippen LogP contribution in [0, 0.1) is 0 Å². The van der Waals surface area contributed by atoms with Gasteiger partial charge in [-0.1, -0.05) is 77.6 Å². The lowest BCUT2D eigenvalue weighted by Crippen LogP contribution is -2.18. The van der Waals surface area contributed by atoms with Gasteiger partial charge in [0.2, 0.25) is 11.8 Å². The number of hydrogen-bond acceptors (Lipinski definition) is 3. The molecule has 5 nitrogen and oxygen atoms in total. The first-order valence-corrected chi connectivity index (χ1v) is 9.60. The first-order valence-electron chi connectivity index (χ1n) is 9.60. The van der Waals surface area contributed by atoms with E-state index < -0.39 is 5.97 Å². The van der Waals surface area contributed by atoms with Crippen LogP contribution in [0.4, 0.5) is 0 Å². The fourth-order valence-corrected chi connectivity index (χ4v) is 2.62. The Morgan fingerprint density at radius 1 is 0.792 bits per heavy atom. The van der Waals surface area contributed by atoms with E-state index in [0.29, 0.717) is 19.3 Å². The van der Waals surface area contributed by atoms with E-state index in [4.69, 9.17) is 5.11 Å². The van der Waals surface area contributed by atoms with Crippen LogP contribution in [0.2, 0.25) is 0 Å². The minimum absolute atomic E-state index is 0.148. The number of nitrogens with one attached hydrogen (secondary N) is 1. The Bertz CT molecular complexity index is 341. The average Bonchev–Trinajstić information content (AvgIpc) is 2.92. The molecule has 140 valence electrons. The molecule has 1 aliphatic rings. The van der Waals surface area contributed by atoms with E-state index in [2.05, 4.69) is 12.2 Å². The lowest BCUT2D eigenvalue weighted by Gasteiger charge is -2.02. The number of carboxylic acid groups (broad SMARTS) is 1. The molecule has 1 rings (SSSR count). The van der Waals surface area contributed by atoms with Gasteiger partial charge < -0.3 is 5.11 Å². The van der Waals surface area contributed by atoms with Crippen molar-refractivity contribution in [2.24, 2.45) is 0 Å². The predicted octanol–water partition coefficient (Wildman–Crippen LogP) is 4.59. The Hall–Kier alpha value is -1.39. The van der Waals surface area contributed by atoms with Crippen LogP contribution >= 0.6 is 0 Å². The number of carbonyl (C=O) groups is 3. The first kappa shape index (κ1) is 22.6. The van der Waals surface area contributed by atoms with Gasteiger partial charge in [-0.25, -0.2) is 0 Å². The van der Waals surface area contributed by atoms with Crippen LogP contribution in [0.15, 0.2) is 0 Å². The standard InChI is InChI=1S/C15H30O2.C4H5NO2/c1-2-3-4-5-6-7-8-9-10-11-12-13-14-15(16)17;6-3-1-2-4(7)5-3/h2-14H2,1H3,(H,16,17);1-2H2,(H,5,6,7). The van der Waals surface area contributed by atoms with E-state index in [1.165, 1.54) is 64.2 Å². The van der Waals surface area contributed by atoms with Crippen molar-refractivity contribution in [2.75, 3.05) is 0 Å². The number of hydrogen-bond donors (Lipinski definition) is 2. The molecule has 2 N–H and O–H groups in total. The van der Waals surface area contributed by atoms with Gasteiger partial charge in [-0.15, -0.1) is 0 Å². The molecule has 0 aromatic rings. The molecule has 24 heavy (non-hydrogen) atoms. The van der Waals surface area contributed by atoms with Crippen LogP contribution in [0.25, 0.3) is 0 Å². The second-order valence-electron chi connectivity index (χ2n) is 6.50. The first-order chi connectivity index (χ1) is 11.6. The van der Waals surface area contributed by atoms with Crippen molar-refractivity contribution in [1.29, 1.82) is 0 Å². The molecule has 1 heterocycles. The maximum Gasteiger partial charge on any atom is 0.303 e. The van der Waals surface area contributed by atoms with Crippen LogP contribution in [0.1, 0.15) is 103 Å². The second-order valence-corrected chi connectivity index (χ2v) is 6.50. The van der Waals surface area contributed by atoms with Crippen LogP contribution in [0.5, 0.6) is 0 Å². The monoisotopic (exact) mass is 341 g/mol. The van der Waals surface area contributed by atoms with Gasteiger partial charge in [-0.3, -0.25) is 19.7 Å². The minimum atomic E-state index is -0.655. The number of aliphatic carboxylic acids is 1. The van der Waals surface area contributed by atoms with Gasteiger partial charge in [0, 0.05) is 19.3 Å². The van der Waals surface area contributed by atoms with Gasteiger partial charge in [0.1, 0.15) is 0 Å². The summed E-state index contributed by atoms with van der Waals surface area (Å²) in [4.78, 5) is 30.5. The molecule has 0 aromatic heterocycles. The zero-order valence-electron chi connectivity index (χ0n) is 15.3. The summed E-state index contributed by atoms with van der Waals surface area (Å²) in [5, 5.41) is 10.6. The van der Waals surface area contributed by atoms with Gasteiger partial charge in [-0.2, -0.15) is 0 Å². The van der Waals surface area contributed by atoms with Crippen LogP contribution < -0.4 is 5.32 Å². The van der Waals surface area contributed by atoms with Gasteiger partial charge >= 0.3 is 5.97 Å². The van der Waals surface area contributed by atoms with E-state index >= 15 is 0 Å². The largest absolute Gasteiger partial charge is 0.481 e. The lowest BCUT2D eigenvalue weighted by molar-refractivity contribution is -0.137. The van der Waals surface area contributed by atoms with Crippen molar-refractivity contribution < 1.29 is 19.5 Å². The van der Waals surface area contributed by atoms with Crippen molar-refractivity contribution in [3.8, 4) is 0 Å². The van der Waals surface area contributed by atoms with E-state index in [1.54, 1.807) is 0 Å². The summed E-state index contributed by atoms with van der Waals surface area (Å²) in [5.74, 6) is -0.952. The molecule has 0 bridgehead atoms. The molecule has 1 fully saturated rings. The molecule has 2 amide bonds. The van der Waals surface area contributed by atoms with E-state index in [9.17, 15) is 14.4 Å².